The van der Waals surface area contributed by atoms with E-state index < -0.39 is 0 Å². The van der Waals surface area contributed by atoms with Gasteiger partial charge in [0.15, 0.2) is 11.5 Å². The van der Waals surface area contributed by atoms with Crippen molar-refractivity contribution in [1.82, 2.24) is 4.98 Å². The summed E-state index contributed by atoms with van der Waals surface area (Å²) in [4.78, 5) is 26.8. The maximum atomic E-state index is 11.7. The van der Waals surface area contributed by atoms with Crippen LogP contribution in [0.2, 0.25) is 0 Å². The van der Waals surface area contributed by atoms with Gasteiger partial charge in [-0.1, -0.05) is 17.4 Å². The summed E-state index contributed by atoms with van der Waals surface area (Å²) in [5.74, 6) is 1.62. The number of hydrogen-bond acceptors (Lipinski definition) is 6. The number of benzene rings is 1. The van der Waals surface area contributed by atoms with Crippen LogP contribution < -0.4 is 14.3 Å². The van der Waals surface area contributed by atoms with Crippen LogP contribution in [-0.4, -0.2) is 31.2 Å². The van der Waals surface area contributed by atoms with Crippen LogP contribution >= 0.6 is 23.1 Å². The normalized spacial score (nSPS) is 20.3. The van der Waals surface area contributed by atoms with Gasteiger partial charge < -0.3 is 19.3 Å². The summed E-state index contributed by atoms with van der Waals surface area (Å²) >= 11 is 2.70. The second kappa shape index (κ2) is 6.18. The minimum atomic E-state index is -0.165. The number of carbonyl (C=O) groups excluding carboxylic acids is 1. The quantitative estimate of drug-likeness (QED) is 0.868. The summed E-state index contributed by atoms with van der Waals surface area (Å²) in [6, 6.07) is 5.63. The molecule has 0 radical (unpaired) electrons. The van der Waals surface area contributed by atoms with E-state index >= 15 is 0 Å². The average Bonchev–Trinajstić information content (AvgIpc) is 2.93. The number of H-pyrrole nitrogens is 1. The largest absolute Gasteiger partial charge is 0.493 e. The fourth-order valence-corrected chi connectivity index (χ4v) is 5.04. The first-order chi connectivity index (χ1) is 10.7. The van der Waals surface area contributed by atoms with Crippen molar-refractivity contribution in [2.45, 2.75) is 10.9 Å². The number of aromatic amines is 1. The maximum Gasteiger partial charge on any atom is 0.305 e. The van der Waals surface area contributed by atoms with E-state index in [1.165, 1.54) is 23.1 Å². The topological polar surface area (TPSA) is 68.4 Å². The first-order valence-electron chi connectivity index (χ1n) is 6.71. The molecule has 0 amide bonds. The van der Waals surface area contributed by atoms with Crippen molar-refractivity contribution in [1.29, 1.82) is 0 Å². The minimum absolute atomic E-state index is 0.0884. The van der Waals surface area contributed by atoms with E-state index in [1.54, 1.807) is 14.2 Å². The van der Waals surface area contributed by atoms with Gasteiger partial charge in [-0.3, -0.25) is 4.79 Å². The Balaban J connectivity index is 2.12. The molecule has 5 nitrogen and oxygen atoms in total. The third kappa shape index (κ3) is 2.55. The molecule has 2 aromatic rings. The second-order valence-electron chi connectivity index (χ2n) is 4.91. The van der Waals surface area contributed by atoms with Crippen LogP contribution in [0.4, 0.5) is 0 Å². The van der Waals surface area contributed by atoms with E-state index in [0.29, 0.717) is 17.3 Å². The molecule has 2 atom stereocenters. The molecular weight excluding hydrogens is 322 g/mol. The van der Waals surface area contributed by atoms with Crippen LogP contribution in [0.15, 0.2) is 28.0 Å². The van der Waals surface area contributed by atoms with E-state index in [2.05, 4.69) is 4.98 Å². The number of hydrogen-bond donors (Lipinski definition) is 1. The predicted octanol–water partition coefficient (Wildman–Crippen LogP) is 2.51. The molecule has 116 valence electrons. The average molecular weight is 337 g/mol. The molecule has 7 heteroatoms. The number of carbonyl (C=O) groups is 1. The van der Waals surface area contributed by atoms with Crippen LogP contribution in [0.3, 0.4) is 0 Å². The van der Waals surface area contributed by atoms with E-state index in [4.69, 9.17) is 9.47 Å². The summed E-state index contributed by atoms with van der Waals surface area (Å²) in [5, 5.41) is 0.868. The van der Waals surface area contributed by atoms with Crippen LogP contribution in [0.5, 0.6) is 11.5 Å². The molecule has 0 saturated heterocycles. The molecule has 0 unspecified atom stereocenters. The Morgan fingerprint density at radius 3 is 2.73 bits per heavy atom. The molecule has 1 N–H and O–H groups in total. The lowest BCUT2D eigenvalue weighted by atomic mass is 9.86. The Bertz CT molecular complexity index is 752. The van der Waals surface area contributed by atoms with Gasteiger partial charge in [-0.05, 0) is 17.7 Å². The summed E-state index contributed by atoms with van der Waals surface area (Å²) in [6.45, 7) is 0. The van der Waals surface area contributed by atoms with Crippen molar-refractivity contribution in [3.8, 4) is 11.5 Å². The number of fused-ring (bicyclic) bond motifs is 1. The summed E-state index contributed by atoms with van der Waals surface area (Å²) < 4.78 is 10.6. The van der Waals surface area contributed by atoms with Gasteiger partial charge in [-0.15, -0.1) is 11.8 Å². The van der Waals surface area contributed by atoms with Crippen molar-refractivity contribution in [3.63, 3.8) is 0 Å². The monoisotopic (exact) mass is 337 g/mol. The van der Waals surface area contributed by atoms with E-state index in [-0.39, 0.29) is 16.7 Å². The molecule has 0 bridgehead atoms. The van der Waals surface area contributed by atoms with Crippen LogP contribution in [0.1, 0.15) is 16.4 Å². The molecule has 1 aliphatic rings. The maximum absolute atomic E-state index is 11.7. The number of methoxy groups -OCH3 is 2. The van der Waals surface area contributed by atoms with E-state index in [9.17, 15) is 9.59 Å². The Morgan fingerprint density at radius 1 is 1.27 bits per heavy atom. The zero-order chi connectivity index (χ0) is 15.7. The summed E-state index contributed by atoms with van der Waals surface area (Å²) in [5.41, 5.74) is 0.951. The Morgan fingerprint density at radius 2 is 2.05 bits per heavy atom. The Kier molecular flexibility index (Phi) is 4.26. The van der Waals surface area contributed by atoms with Crippen molar-refractivity contribution in [3.05, 3.63) is 38.3 Å². The van der Waals surface area contributed by atoms with Gasteiger partial charge in [-0.25, -0.2) is 0 Å². The van der Waals surface area contributed by atoms with Crippen molar-refractivity contribution >= 4 is 29.4 Å². The highest BCUT2D eigenvalue weighted by molar-refractivity contribution is 7.99. The number of thiazole rings is 1. The number of rotatable bonds is 4. The number of nitrogens with one attached hydrogen (secondary N) is 1. The van der Waals surface area contributed by atoms with Gasteiger partial charge in [0.1, 0.15) is 6.29 Å². The summed E-state index contributed by atoms with van der Waals surface area (Å²) in [6.07, 6.45) is 0.974. The molecule has 1 aromatic heterocycles. The van der Waals surface area contributed by atoms with Crippen LogP contribution in [-0.2, 0) is 4.79 Å². The highest BCUT2D eigenvalue weighted by atomic mass is 32.2. The lowest BCUT2D eigenvalue weighted by molar-refractivity contribution is -0.110. The number of aromatic nitrogens is 1. The number of aldehydes is 1. The molecule has 0 saturated carbocycles. The van der Waals surface area contributed by atoms with E-state index in [0.717, 1.165) is 21.8 Å². The third-order valence-corrected chi connectivity index (χ3v) is 5.97. The van der Waals surface area contributed by atoms with Crippen LogP contribution in [0.25, 0.3) is 0 Å². The smallest absolute Gasteiger partial charge is 0.305 e. The lowest BCUT2D eigenvalue weighted by Gasteiger charge is -2.27. The predicted molar refractivity (Wildman–Crippen MR) is 86.6 cm³/mol. The minimum Gasteiger partial charge on any atom is -0.493 e. The SMILES string of the molecule is COc1ccc([C@H]2c3sc(=O)[nH]c3SC[C@@H]2C=O)cc1OC. The molecular formula is C15H15NO4S2. The van der Waals surface area contributed by atoms with Gasteiger partial charge in [0.2, 0.25) is 0 Å². The molecule has 0 fully saturated rings. The highest BCUT2D eigenvalue weighted by Gasteiger charge is 2.34. The van der Waals surface area contributed by atoms with Gasteiger partial charge in [0, 0.05) is 22.5 Å². The molecule has 1 aromatic carbocycles. The Labute approximate surface area is 135 Å². The Hall–Kier alpha value is -1.73. The molecule has 1 aliphatic heterocycles. The molecule has 3 rings (SSSR count). The fourth-order valence-electron chi connectivity index (χ4n) is 2.67. The highest BCUT2D eigenvalue weighted by Crippen LogP contribution is 2.45. The van der Waals surface area contributed by atoms with Gasteiger partial charge in [0.05, 0.1) is 19.2 Å². The van der Waals surface area contributed by atoms with Crippen molar-refractivity contribution in [2.75, 3.05) is 20.0 Å². The van der Waals surface area contributed by atoms with Crippen molar-refractivity contribution < 1.29 is 14.3 Å². The van der Waals surface area contributed by atoms with Gasteiger partial charge in [-0.2, -0.15) is 0 Å². The zero-order valence-electron chi connectivity index (χ0n) is 12.1. The zero-order valence-corrected chi connectivity index (χ0v) is 13.8. The van der Waals surface area contributed by atoms with Gasteiger partial charge in [0.25, 0.3) is 0 Å². The summed E-state index contributed by atoms with van der Waals surface area (Å²) in [7, 11) is 3.16. The lowest BCUT2D eigenvalue weighted by Crippen LogP contribution is -2.21. The first-order valence-corrected chi connectivity index (χ1v) is 8.51. The number of ether oxygens (including phenoxy) is 2. The first kappa shape index (κ1) is 15.2. The van der Waals surface area contributed by atoms with Crippen LogP contribution in [0, 0.1) is 5.92 Å². The molecule has 0 spiro atoms. The molecule has 0 aliphatic carbocycles. The third-order valence-electron chi connectivity index (χ3n) is 3.71. The molecule has 2 heterocycles. The number of thioether (sulfide) groups is 1. The van der Waals surface area contributed by atoms with E-state index in [1.807, 2.05) is 18.2 Å². The molecule has 22 heavy (non-hydrogen) atoms. The second-order valence-corrected chi connectivity index (χ2v) is 6.96. The van der Waals surface area contributed by atoms with Gasteiger partial charge >= 0.3 is 4.87 Å². The van der Waals surface area contributed by atoms with Crippen molar-refractivity contribution in [2.24, 2.45) is 5.92 Å². The fraction of sp³-hybridized carbons (Fsp3) is 0.333. The standard InChI is InChI=1S/C15H15NO4S2/c1-19-10-4-3-8(5-11(10)20-2)12-9(6-17)7-21-14-13(12)22-15(18)16-14/h3-6,9,12H,7H2,1-2H3,(H,16,18)/t9-,12+/m0/s1.